The van der Waals surface area contributed by atoms with E-state index in [0.29, 0.717) is 59.8 Å². The molecule has 0 aliphatic carbocycles. The van der Waals surface area contributed by atoms with E-state index in [9.17, 15) is 19.8 Å². The Balaban J connectivity index is 1.84. The topological polar surface area (TPSA) is 109 Å². The lowest BCUT2D eigenvalue weighted by molar-refractivity contribution is -0.139. The monoisotopic (exact) mass is 546 g/mol. The summed E-state index contributed by atoms with van der Waals surface area (Å²) in [6.07, 6.45) is 0.622. The maximum atomic E-state index is 13.2. The number of amides is 1. The van der Waals surface area contributed by atoms with Gasteiger partial charge in [0.1, 0.15) is 19.0 Å². The van der Waals surface area contributed by atoms with Crippen LogP contribution in [0, 0.1) is 0 Å². The predicted octanol–water partition coefficient (Wildman–Crippen LogP) is 3.31. The van der Waals surface area contributed by atoms with E-state index in [1.807, 2.05) is 19.0 Å². The van der Waals surface area contributed by atoms with Crippen LogP contribution in [0.25, 0.3) is 5.76 Å². The fourth-order valence-corrected chi connectivity index (χ4v) is 4.73. The van der Waals surface area contributed by atoms with Crippen LogP contribution in [0.15, 0.2) is 40.4 Å². The van der Waals surface area contributed by atoms with Gasteiger partial charge in [-0.15, -0.1) is 0 Å². The van der Waals surface area contributed by atoms with Crippen LogP contribution in [-0.4, -0.2) is 79.2 Å². The van der Waals surface area contributed by atoms with E-state index >= 15 is 0 Å². The average molecular weight is 547 g/mol. The number of aliphatic hydroxyl groups is 1. The molecule has 0 bridgehead atoms. The van der Waals surface area contributed by atoms with Crippen molar-refractivity contribution in [3.8, 4) is 23.0 Å². The van der Waals surface area contributed by atoms with Gasteiger partial charge in [0.25, 0.3) is 11.7 Å². The molecule has 35 heavy (non-hydrogen) atoms. The molecule has 2 aromatic rings. The number of nitrogens with zero attached hydrogens (tertiary/aromatic N) is 2. The van der Waals surface area contributed by atoms with Gasteiger partial charge < -0.3 is 34.2 Å². The summed E-state index contributed by atoms with van der Waals surface area (Å²) >= 11 is 3.32. The van der Waals surface area contributed by atoms with E-state index in [0.717, 1.165) is 0 Å². The third-order valence-corrected chi connectivity index (χ3v) is 6.55. The summed E-state index contributed by atoms with van der Waals surface area (Å²) in [5.74, 6) is -0.734. The molecular formula is C25H27BrN2O7. The number of rotatable bonds is 7. The van der Waals surface area contributed by atoms with Gasteiger partial charge in [0.15, 0.2) is 23.0 Å². The van der Waals surface area contributed by atoms with Crippen LogP contribution in [0.2, 0.25) is 0 Å². The normalized spacial score (nSPS) is 18.9. The minimum Gasteiger partial charge on any atom is -0.507 e. The quantitative estimate of drug-likeness (QED) is 0.309. The SMILES string of the molecule is COc1cc([C@H]2/C(=C(\O)c3ccc4c(c3)OCCO4)C(=O)C(=O)N2CCCN(C)C)cc(Br)c1O. The summed E-state index contributed by atoms with van der Waals surface area (Å²) in [7, 11) is 5.26. The van der Waals surface area contributed by atoms with Gasteiger partial charge in [0.05, 0.1) is 23.2 Å². The molecule has 1 fully saturated rings. The molecule has 2 aliphatic rings. The molecule has 2 aliphatic heterocycles. The molecule has 10 heteroatoms. The molecular weight excluding hydrogens is 520 g/mol. The Morgan fingerprint density at radius 2 is 1.89 bits per heavy atom. The van der Waals surface area contributed by atoms with Crippen molar-refractivity contribution in [1.29, 1.82) is 0 Å². The van der Waals surface area contributed by atoms with E-state index < -0.39 is 17.7 Å². The largest absolute Gasteiger partial charge is 0.507 e. The number of carbonyl (C=O) groups excluding carboxylic acids is 2. The summed E-state index contributed by atoms with van der Waals surface area (Å²) in [5.41, 5.74) is 0.793. The van der Waals surface area contributed by atoms with Crippen molar-refractivity contribution in [2.24, 2.45) is 0 Å². The average Bonchev–Trinajstić information content (AvgIpc) is 3.09. The number of phenols is 1. The number of carbonyl (C=O) groups is 2. The van der Waals surface area contributed by atoms with Crippen molar-refractivity contribution < 1.29 is 34.0 Å². The highest BCUT2D eigenvalue weighted by Gasteiger charge is 2.46. The first-order valence-corrected chi connectivity index (χ1v) is 11.9. The number of halogens is 1. The number of ether oxygens (including phenoxy) is 3. The first-order chi connectivity index (χ1) is 16.7. The third kappa shape index (κ3) is 4.81. The zero-order chi connectivity index (χ0) is 25.3. The highest BCUT2D eigenvalue weighted by atomic mass is 79.9. The standard InChI is InChI=1S/C25H27BrN2O7/c1-27(2)7-4-8-28-21(15-11-16(26)23(30)19(13-15)33-3)20(24(31)25(28)32)22(29)14-5-6-17-18(12-14)35-10-9-34-17/h5-6,11-13,21,29-30H,4,7-10H2,1-3H3/b22-20+/t21-/m0/s1. The number of aromatic hydroxyl groups is 1. The molecule has 4 rings (SSSR count). The molecule has 0 radical (unpaired) electrons. The van der Waals surface area contributed by atoms with Crippen molar-refractivity contribution in [3.05, 3.63) is 51.5 Å². The van der Waals surface area contributed by atoms with Crippen LogP contribution in [0.4, 0.5) is 0 Å². The van der Waals surface area contributed by atoms with Gasteiger partial charge in [-0.05, 0) is 78.9 Å². The Bertz CT molecular complexity index is 1190. The number of Topliss-reactive ketones (excluding diaryl/α,β-unsaturated/α-hetero) is 1. The number of fused-ring (bicyclic) bond motifs is 1. The van der Waals surface area contributed by atoms with Gasteiger partial charge in [-0.2, -0.15) is 0 Å². The zero-order valence-corrected chi connectivity index (χ0v) is 21.3. The van der Waals surface area contributed by atoms with Crippen LogP contribution < -0.4 is 14.2 Å². The van der Waals surface area contributed by atoms with Crippen molar-refractivity contribution in [2.75, 3.05) is 47.5 Å². The molecule has 9 nitrogen and oxygen atoms in total. The molecule has 2 N–H and O–H groups in total. The van der Waals surface area contributed by atoms with Gasteiger partial charge in [-0.1, -0.05) is 0 Å². The number of hydrogen-bond acceptors (Lipinski definition) is 8. The molecule has 0 saturated carbocycles. The molecule has 1 atom stereocenters. The Morgan fingerprint density at radius 1 is 1.17 bits per heavy atom. The van der Waals surface area contributed by atoms with E-state index in [1.54, 1.807) is 30.3 Å². The number of phenolic OH excluding ortho intramolecular Hbond substituents is 1. The third-order valence-electron chi connectivity index (χ3n) is 5.95. The van der Waals surface area contributed by atoms with Gasteiger partial charge in [-0.3, -0.25) is 9.59 Å². The van der Waals surface area contributed by atoms with Crippen molar-refractivity contribution in [3.63, 3.8) is 0 Å². The van der Waals surface area contributed by atoms with Crippen LogP contribution in [-0.2, 0) is 9.59 Å². The summed E-state index contributed by atoms with van der Waals surface area (Å²) in [5, 5.41) is 21.6. The molecule has 186 valence electrons. The lowest BCUT2D eigenvalue weighted by Gasteiger charge is -2.26. The number of aliphatic hydroxyl groups excluding tert-OH is 1. The van der Waals surface area contributed by atoms with Crippen LogP contribution in [0.1, 0.15) is 23.6 Å². The van der Waals surface area contributed by atoms with Crippen LogP contribution in [0.5, 0.6) is 23.0 Å². The van der Waals surface area contributed by atoms with E-state index in [1.165, 1.54) is 12.0 Å². The summed E-state index contributed by atoms with van der Waals surface area (Å²) < 4.78 is 16.8. The van der Waals surface area contributed by atoms with Gasteiger partial charge in [0, 0.05) is 12.1 Å². The molecule has 0 unspecified atom stereocenters. The fourth-order valence-electron chi connectivity index (χ4n) is 4.27. The number of likely N-dealkylation sites (tertiary alicyclic amines) is 1. The molecule has 2 aromatic carbocycles. The van der Waals surface area contributed by atoms with E-state index in [4.69, 9.17) is 14.2 Å². The highest BCUT2D eigenvalue weighted by Crippen LogP contribution is 2.45. The minimum absolute atomic E-state index is 0.0452. The van der Waals surface area contributed by atoms with Crippen molar-refractivity contribution in [2.45, 2.75) is 12.5 Å². The van der Waals surface area contributed by atoms with Gasteiger partial charge in [-0.25, -0.2) is 0 Å². The molecule has 2 heterocycles. The van der Waals surface area contributed by atoms with Crippen LogP contribution >= 0.6 is 15.9 Å². The second-order valence-electron chi connectivity index (χ2n) is 8.56. The predicted molar refractivity (Wildman–Crippen MR) is 132 cm³/mol. The summed E-state index contributed by atoms with van der Waals surface area (Å²) in [6, 6.07) is 7.17. The first kappa shape index (κ1) is 24.9. The number of benzene rings is 2. The second-order valence-corrected chi connectivity index (χ2v) is 9.42. The Kier molecular flexibility index (Phi) is 7.23. The molecule has 0 spiro atoms. The zero-order valence-electron chi connectivity index (χ0n) is 19.7. The van der Waals surface area contributed by atoms with Gasteiger partial charge in [0.2, 0.25) is 0 Å². The molecule has 0 aromatic heterocycles. The second kappa shape index (κ2) is 10.2. The smallest absolute Gasteiger partial charge is 0.295 e. The van der Waals surface area contributed by atoms with Crippen molar-refractivity contribution in [1.82, 2.24) is 9.80 Å². The fraction of sp³-hybridized carbons (Fsp3) is 0.360. The number of methoxy groups -OCH3 is 1. The minimum atomic E-state index is -0.879. The van der Waals surface area contributed by atoms with E-state index in [-0.39, 0.29) is 22.8 Å². The summed E-state index contributed by atoms with van der Waals surface area (Å²) in [4.78, 5) is 29.8. The first-order valence-electron chi connectivity index (χ1n) is 11.1. The Hall–Kier alpha value is -3.24. The van der Waals surface area contributed by atoms with Gasteiger partial charge >= 0.3 is 0 Å². The molecule has 1 saturated heterocycles. The lowest BCUT2D eigenvalue weighted by Crippen LogP contribution is -2.32. The maximum Gasteiger partial charge on any atom is 0.295 e. The lowest BCUT2D eigenvalue weighted by atomic mass is 9.94. The maximum absolute atomic E-state index is 13.2. The highest BCUT2D eigenvalue weighted by molar-refractivity contribution is 9.10. The Labute approximate surface area is 211 Å². The molecule has 1 amide bonds. The number of ketones is 1. The van der Waals surface area contributed by atoms with E-state index in [2.05, 4.69) is 15.9 Å². The Morgan fingerprint density at radius 3 is 2.57 bits per heavy atom. The van der Waals surface area contributed by atoms with Crippen LogP contribution in [0.3, 0.4) is 0 Å². The van der Waals surface area contributed by atoms with Crippen molar-refractivity contribution >= 4 is 33.4 Å². The number of hydrogen-bond donors (Lipinski definition) is 2. The summed E-state index contributed by atoms with van der Waals surface area (Å²) in [6.45, 7) is 1.80.